The minimum Gasteiger partial charge on any atom is -0.493 e. The molecule has 0 fully saturated rings. The van der Waals surface area contributed by atoms with Crippen molar-refractivity contribution in [1.82, 2.24) is 5.32 Å². The van der Waals surface area contributed by atoms with E-state index in [9.17, 15) is 8.78 Å². The molecule has 0 saturated carbocycles. The minimum absolute atomic E-state index is 0.0877. The van der Waals surface area contributed by atoms with Gasteiger partial charge in [0.1, 0.15) is 5.75 Å². The fraction of sp³-hybridized carbons (Fsp3) is 0.235. The summed E-state index contributed by atoms with van der Waals surface area (Å²) >= 11 is 5.22. The lowest BCUT2D eigenvalue weighted by molar-refractivity contribution is -0.0498. The van der Waals surface area contributed by atoms with Crippen molar-refractivity contribution in [3.63, 3.8) is 0 Å². The molecule has 0 unspecified atom stereocenters. The fourth-order valence-electron chi connectivity index (χ4n) is 2.07. The van der Waals surface area contributed by atoms with Gasteiger partial charge in [-0.1, -0.05) is 6.07 Å². The monoisotopic (exact) mass is 368 g/mol. The van der Waals surface area contributed by atoms with Gasteiger partial charge >= 0.3 is 6.61 Å². The highest BCUT2D eigenvalue weighted by molar-refractivity contribution is 7.80. The topological polar surface area (TPSA) is 51.8 Å². The third kappa shape index (κ3) is 5.75. The summed E-state index contributed by atoms with van der Waals surface area (Å²) in [6.07, 6.45) is 0. The first kappa shape index (κ1) is 18.7. The van der Waals surface area contributed by atoms with Gasteiger partial charge in [-0.15, -0.1) is 0 Å². The second-order valence-corrected chi connectivity index (χ2v) is 5.31. The number of thiocarbonyl (C=S) groups is 1. The summed E-state index contributed by atoms with van der Waals surface area (Å²) < 4.78 is 38.9. The van der Waals surface area contributed by atoms with E-state index in [4.69, 9.17) is 21.7 Å². The quantitative estimate of drug-likeness (QED) is 0.725. The van der Waals surface area contributed by atoms with Crippen LogP contribution in [0, 0.1) is 0 Å². The zero-order chi connectivity index (χ0) is 18.2. The molecule has 0 radical (unpaired) electrons. The molecular weight excluding hydrogens is 350 g/mol. The predicted molar refractivity (Wildman–Crippen MR) is 95.7 cm³/mol. The number of nitrogens with one attached hydrogen (secondary N) is 2. The molecule has 0 aliphatic rings. The maximum Gasteiger partial charge on any atom is 0.387 e. The van der Waals surface area contributed by atoms with Crippen molar-refractivity contribution in [2.45, 2.75) is 13.2 Å². The van der Waals surface area contributed by atoms with Gasteiger partial charge in [0.05, 0.1) is 14.2 Å². The number of benzene rings is 2. The molecule has 5 nitrogen and oxygen atoms in total. The molecule has 0 aromatic heterocycles. The Balaban J connectivity index is 1.88. The Hall–Kier alpha value is -2.61. The highest BCUT2D eigenvalue weighted by Crippen LogP contribution is 2.27. The molecule has 2 aromatic carbocycles. The minimum atomic E-state index is -2.84. The van der Waals surface area contributed by atoms with Crippen LogP contribution in [0.1, 0.15) is 5.56 Å². The van der Waals surface area contributed by atoms with E-state index in [0.717, 1.165) is 5.56 Å². The number of ether oxygens (including phenoxy) is 3. The average molecular weight is 368 g/mol. The Morgan fingerprint density at radius 3 is 2.32 bits per heavy atom. The molecule has 2 N–H and O–H groups in total. The number of alkyl halides is 2. The Bertz CT molecular complexity index is 712. The summed E-state index contributed by atoms with van der Waals surface area (Å²) in [4.78, 5) is 0. The van der Waals surface area contributed by atoms with Crippen LogP contribution >= 0.6 is 12.2 Å². The van der Waals surface area contributed by atoms with Gasteiger partial charge in [0, 0.05) is 12.2 Å². The summed E-state index contributed by atoms with van der Waals surface area (Å²) in [5.41, 5.74) is 1.62. The molecule has 25 heavy (non-hydrogen) atoms. The first-order valence-electron chi connectivity index (χ1n) is 7.32. The number of hydrogen-bond donors (Lipinski definition) is 2. The van der Waals surface area contributed by atoms with E-state index in [2.05, 4.69) is 15.4 Å². The first-order chi connectivity index (χ1) is 12.0. The largest absolute Gasteiger partial charge is 0.493 e. The lowest BCUT2D eigenvalue weighted by atomic mass is 10.2. The molecular formula is C17H18F2N2O3S. The summed E-state index contributed by atoms with van der Waals surface area (Å²) in [7, 11) is 3.15. The van der Waals surface area contributed by atoms with Crippen LogP contribution in [-0.2, 0) is 6.54 Å². The highest BCUT2D eigenvalue weighted by Gasteiger charge is 2.06. The van der Waals surface area contributed by atoms with E-state index in [-0.39, 0.29) is 5.75 Å². The molecule has 0 bridgehead atoms. The van der Waals surface area contributed by atoms with Crippen LogP contribution in [0.15, 0.2) is 42.5 Å². The van der Waals surface area contributed by atoms with Crippen molar-refractivity contribution in [3.05, 3.63) is 48.0 Å². The lowest BCUT2D eigenvalue weighted by Gasteiger charge is -2.13. The number of methoxy groups -OCH3 is 2. The summed E-state index contributed by atoms with van der Waals surface area (Å²) in [5, 5.41) is 6.42. The van der Waals surface area contributed by atoms with Crippen LogP contribution in [0.2, 0.25) is 0 Å². The first-order valence-corrected chi connectivity index (χ1v) is 7.73. The Labute approximate surface area is 149 Å². The summed E-state index contributed by atoms with van der Waals surface area (Å²) in [5.74, 6) is 1.37. The van der Waals surface area contributed by atoms with Crippen LogP contribution in [0.4, 0.5) is 14.5 Å². The number of anilines is 1. The van der Waals surface area contributed by atoms with Crippen molar-refractivity contribution in [1.29, 1.82) is 0 Å². The fourth-order valence-corrected chi connectivity index (χ4v) is 2.26. The maximum atomic E-state index is 12.1. The third-order valence-corrected chi connectivity index (χ3v) is 3.48. The number of hydrogen-bond acceptors (Lipinski definition) is 4. The average Bonchev–Trinajstić information content (AvgIpc) is 2.61. The lowest BCUT2D eigenvalue weighted by Crippen LogP contribution is -2.27. The zero-order valence-electron chi connectivity index (χ0n) is 13.7. The van der Waals surface area contributed by atoms with Crippen molar-refractivity contribution in [3.8, 4) is 17.2 Å². The Morgan fingerprint density at radius 2 is 1.72 bits per heavy atom. The SMILES string of the molecule is COc1ccc(CNC(=S)Nc2ccc(OC(F)F)cc2)cc1OC. The zero-order valence-corrected chi connectivity index (χ0v) is 14.5. The molecule has 0 spiro atoms. The number of halogens is 2. The van der Waals surface area contributed by atoms with E-state index in [1.807, 2.05) is 18.2 Å². The second-order valence-electron chi connectivity index (χ2n) is 4.90. The van der Waals surface area contributed by atoms with E-state index < -0.39 is 6.61 Å². The van der Waals surface area contributed by atoms with Gasteiger partial charge in [0.25, 0.3) is 0 Å². The molecule has 0 heterocycles. The smallest absolute Gasteiger partial charge is 0.387 e. The second kappa shape index (κ2) is 9.03. The van der Waals surface area contributed by atoms with Crippen molar-refractivity contribution in [2.24, 2.45) is 0 Å². The van der Waals surface area contributed by atoms with Gasteiger partial charge in [-0.3, -0.25) is 0 Å². The molecule has 0 atom stereocenters. The van der Waals surface area contributed by atoms with Crippen molar-refractivity contribution >= 4 is 23.0 Å². The third-order valence-electron chi connectivity index (χ3n) is 3.24. The van der Waals surface area contributed by atoms with Crippen molar-refractivity contribution in [2.75, 3.05) is 19.5 Å². The van der Waals surface area contributed by atoms with Gasteiger partial charge < -0.3 is 24.8 Å². The van der Waals surface area contributed by atoms with Gasteiger partial charge in [0.15, 0.2) is 16.6 Å². The Kier molecular flexibility index (Phi) is 6.76. The predicted octanol–water partition coefficient (Wildman–Crippen LogP) is 3.79. The van der Waals surface area contributed by atoms with Crippen LogP contribution < -0.4 is 24.8 Å². The Morgan fingerprint density at radius 1 is 1.04 bits per heavy atom. The molecule has 134 valence electrons. The molecule has 0 saturated heterocycles. The molecule has 8 heteroatoms. The maximum absolute atomic E-state index is 12.1. The normalized spacial score (nSPS) is 10.3. The number of rotatable bonds is 7. The standard InChI is InChI=1S/C17H18F2N2O3S/c1-22-14-8-3-11(9-15(14)23-2)10-20-17(25)21-12-4-6-13(7-5-12)24-16(18)19/h3-9,16H,10H2,1-2H3,(H2,20,21,25). The molecule has 0 aliphatic carbocycles. The molecule has 0 aliphatic heterocycles. The van der Waals surface area contributed by atoms with E-state index in [1.165, 1.54) is 12.1 Å². The van der Waals surface area contributed by atoms with E-state index in [1.54, 1.807) is 26.4 Å². The van der Waals surface area contributed by atoms with Crippen LogP contribution in [0.5, 0.6) is 17.2 Å². The van der Waals surface area contributed by atoms with Gasteiger partial charge in [-0.05, 0) is 54.2 Å². The van der Waals surface area contributed by atoms with Crippen LogP contribution in [0.25, 0.3) is 0 Å². The molecule has 0 amide bonds. The van der Waals surface area contributed by atoms with Gasteiger partial charge in [-0.25, -0.2) is 0 Å². The highest BCUT2D eigenvalue weighted by atomic mass is 32.1. The molecule has 2 aromatic rings. The van der Waals surface area contributed by atoms with E-state index >= 15 is 0 Å². The summed E-state index contributed by atoms with van der Waals surface area (Å²) in [6.45, 7) is -2.36. The summed E-state index contributed by atoms with van der Waals surface area (Å²) in [6, 6.07) is 11.6. The van der Waals surface area contributed by atoms with Crippen LogP contribution in [0.3, 0.4) is 0 Å². The van der Waals surface area contributed by atoms with Crippen LogP contribution in [-0.4, -0.2) is 25.9 Å². The molecule has 2 rings (SSSR count). The van der Waals surface area contributed by atoms with Crippen molar-refractivity contribution < 1.29 is 23.0 Å². The van der Waals surface area contributed by atoms with E-state index in [0.29, 0.717) is 28.8 Å². The van der Waals surface area contributed by atoms with Gasteiger partial charge in [0.2, 0.25) is 0 Å². The van der Waals surface area contributed by atoms with Gasteiger partial charge in [-0.2, -0.15) is 8.78 Å².